The predicted molar refractivity (Wildman–Crippen MR) is 57.4 cm³/mol. The molecule has 1 aromatic carbocycles. The number of carbonyl (C=O) groups is 1. The maximum Gasteiger partial charge on any atom is 0.288 e. The fraction of sp³-hybridized carbons (Fsp3) is 0.364. The lowest BCUT2D eigenvalue weighted by Crippen LogP contribution is -1.97. The van der Waals surface area contributed by atoms with Crippen LogP contribution in [-0.4, -0.2) is 12.0 Å². The number of benzene rings is 1. The molecule has 1 rings (SSSR count). The SMILES string of the molecule is CC(CC=O)c1ccccc1SC(F)F. The molecular formula is C11H12F2OS. The Bertz CT molecular complexity index is 328. The van der Waals surface area contributed by atoms with Crippen LogP contribution in [0.1, 0.15) is 24.8 Å². The third-order valence-electron chi connectivity index (χ3n) is 2.12. The van der Waals surface area contributed by atoms with Gasteiger partial charge < -0.3 is 4.79 Å². The van der Waals surface area contributed by atoms with Gasteiger partial charge in [-0.05, 0) is 17.5 Å². The van der Waals surface area contributed by atoms with Gasteiger partial charge in [0.1, 0.15) is 6.29 Å². The van der Waals surface area contributed by atoms with Crippen molar-refractivity contribution in [3.63, 3.8) is 0 Å². The van der Waals surface area contributed by atoms with Crippen molar-refractivity contribution in [2.75, 3.05) is 0 Å². The Labute approximate surface area is 91.9 Å². The van der Waals surface area contributed by atoms with Crippen LogP contribution in [0.15, 0.2) is 29.2 Å². The molecule has 0 heterocycles. The third kappa shape index (κ3) is 3.63. The van der Waals surface area contributed by atoms with Gasteiger partial charge in [-0.3, -0.25) is 0 Å². The second-order valence-electron chi connectivity index (χ2n) is 3.22. The molecule has 15 heavy (non-hydrogen) atoms. The van der Waals surface area contributed by atoms with Gasteiger partial charge in [-0.2, -0.15) is 8.78 Å². The lowest BCUT2D eigenvalue weighted by atomic mass is 9.99. The highest BCUT2D eigenvalue weighted by Crippen LogP contribution is 2.33. The average Bonchev–Trinajstić information content (AvgIpc) is 2.18. The maximum atomic E-state index is 12.2. The van der Waals surface area contributed by atoms with Gasteiger partial charge in [0.2, 0.25) is 0 Å². The fourth-order valence-corrected chi connectivity index (χ4v) is 2.12. The molecule has 1 nitrogen and oxygen atoms in total. The number of hydrogen-bond acceptors (Lipinski definition) is 2. The van der Waals surface area contributed by atoms with Gasteiger partial charge in [-0.25, -0.2) is 0 Å². The standard InChI is InChI=1S/C11H12F2OS/c1-8(6-7-14)9-4-2-3-5-10(9)15-11(12)13/h2-5,7-8,11H,6H2,1H3. The Hall–Kier alpha value is -0.900. The third-order valence-corrected chi connectivity index (χ3v) is 2.92. The molecule has 1 atom stereocenters. The van der Waals surface area contributed by atoms with Crippen molar-refractivity contribution < 1.29 is 13.6 Å². The average molecular weight is 230 g/mol. The number of alkyl halides is 2. The first-order valence-corrected chi connectivity index (χ1v) is 5.50. The van der Waals surface area contributed by atoms with E-state index in [0.717, 1.165) is 11.8 Å². The minimum absolute atomic E-state index is 0.00931. The fourth-order valence-electron chi connectivity index (χ4n) is 1.36. The van der Waals surface area contributed by atoms with E-state index in [-0.39, 0.29) is 5.92 Å². The van der Waals surface area contributed by atoms with Gasteiger partial charge in [0.15, 0.2) is 0 Å². The Morgan fingerprint density at radius 3 is 2.67 bits per heavy atom. The van der Waals surface area contributed by atoms with E-state index in [0.29, 0.717) is 23.1 Å². The zero-order valence-corrected chi connectivity index (χ0v) is 9.14. The minimum atomic E-state index is -2.42. The molecule has 0 aliphatic heterocycles. The van der Waals surface area contributed by atoms with Gasteiger partial charge in [-0.15, -0.1) is 0 Å². The Morgan fingerprint density at radius 1 is 1.40 bits per heavy atom. The van der Waals surface area contributed by atoms with E-state index in [4.69, 9.17) is 0 Å². The smallest absolute Gasteiger partial charge is 0.288 e. The van der Waals surface area contributed by atoms with Crippen molar-refractivity contribution in [3.8, 4) is 0 Å². The Kier molecular flexibility index (Phi) is 4.75. The topological polar surface area (TPSA) is 17.1 Å². The van der Waals surface area contributed by atoms with Gasteiger partial charge in [-0.1, -0.05) is 36.9 Å². The number of hydrogen-bond donors (Lipinski definition) is 0. The second-order valence-corrected chi connectivity index (χ2v) is 4.25. The monoisotopic (exact) mass is 230 g/mol. The van der Waals surface area contributed by atoms with Crippen molar-refractivity contribution in [1.29, 1.82) is 0 Å². The molecule has 0 spiro atoms. The van der Waals surface area contributed by atoms with Crippen molar-refractivity contribution in [2.24, 2.45) is 0 Å². The number of thioether (sulfide) groups is 1. The van der Waals surface area contributed by atoms with E-state index in [2.05, 4.69) is 0 Å². The molecule has 4 heteroatoms. The van der Waals surface area contributed by atoms with E-state index in [1.54, 1.807) is 24.3 Å². The minimum Gasteiger partial charge on any atom is -0.303 e. The van der Waals surface area contributed by atoms with Crippen LogP contribution < -0.4 is 0 Å². The van der Waals surface area contributed by atoms with Crippen molar-refractivity contribution in [3.05, 3.63) is 29.8 Å². The molecule has 0 saturated carbocycles. The van der Waals surface area contributed by atoms with Crippen LogP contribution in [0.5, 0.6) is 0 Å². The summed E-state index contributed by atoms with van der Waals surface area (Å²) in [5, 5.41) is 0. The largest absolute Gasteiger partial charge is 0.303 e. The Balaban J connectivity index is 2.89. The summed E-state index contributed by atoms with van der Waals surface area (Å²) < 4.78 is 24.5. The van der Waals surface area contributed by atoms with Crippen LogP contribution >= 0.6 is 11.8 Å². The predicted octanol–water partition coefficient (Wildman–Crippen LogP) is 3.69. The zero-order chi connectivity index (χ0) is 11.3. The molecular weight excluding hydrogens is 218 g/mol. The molecule has 1 aromatic rings. The summed E-state index contributed by atoms with van der Waals surface area (Å²) in [6.45, 7) is 1.86. The lowest BCUT2D eigenvalue weighted by Gasteiger charge is -2.13. The van der Waals surface area contributed by atoms with E-state index in [1.807, 2.05) is 6.92 Å². The molecule has 0 N–H and O–H groups in total. The van der Waals surface area contributed by atoms with E-state index in [9.17, 15) is 13.6 Å². The second kappa shape index (κ2) is 5.85. The molecule has 1 unspecified atom stereocenters. The summed E-state index contributed by atoms with van der Waals surface area (Å²) in [6, 6.07) is 6.97. The molecule has 0 saturated heterocycles. The molecule has 0 fully saturated rings. The van der Waals surface area contributed by atoms with Crippen LogP contribution in [0.2, 0.25) is 0 Å². The van der Waals surface area contributed by atoms with Crippen molar-refractivity contribution in [2.45, 2.75) is 29.9 Å². The van der Waals surface area contributed by atoms with Crippen LogP contribution in [0, 0.1) is 0 Å². The van der Waals surface area contributed by atoms with Crippen LogP contribution in [0.3, 0.4) is 0 Å². The highest BCUT2D eigenvalue weighted by Gasteiger charge is 2.13. The number of rotatable bonds is 5. The summed E-state index contributed by atoms with van der Waals surface area (Å²) >= 11 is 0.530. The van der Waals surface area contributed by atoms with E-state index >= 15 is 0 Å². The van der Waals surface area contributed by atoms with Gasteiger partial charge in [0.05, 0.1) is 0 Å². The van der Waals surface area contributed by atoms with Crippen LogP contribution in [0.4, 0.5) is 8.78 Å². The lowest BCUT2D eigenvalue weighted by molar-refractivity contribution is -0.108. The zero-order valence-electron chi connectivity index (χ0n) is 8.32. The van der Waals surface area contributed by atoms with E-state index < -0.39 is 5.76 Å². The molecule has 0 aromatic heterocycles. The van der Waals surface area contributed by atoms with Crippen molar-refractivity contribution in [1.82, 2.24) is 0 Å². The highest BCUT2D eigenvalue weighted by atomic mass is 32.2. The summed E-state index contributed by atoms with van der Waals surface area (Å²) in [5.74, 6) is -2.43. The number of carbonyl (C=O) groups excluding carboxylic acids is 1. The quantitative estimate of drug-likeness (QED) is 0.566. The van der Waals surface area contributed by atoms with Gasteiger partial charge >= 0.3 is 0 Å². The van der Waals surface area contributed by atoms with Crippen molar-refractivity contribution >= 4 is 18.0 Å². The number of halogens is 2. The summed E-state index contributed by atoms with van der Waals surface area (Å²) in [6.07, 6.45) is 1.18. The Morgan fingerprint density at radius 2 is 2.07 bits per heavy atom. The first kappa shape index (κ1) is 12.2. The van der Waals surface area contributed by atoms with E-state index in [1.165, 1.54) is 0 Å². The van der Waals surface area contributed by atoms with Crippen LogP contribution in [0.25, 0.3) is 0 Å². The summed E-state index contributed by atoms with van der Waals surface area (Å²) in [4.78, 5) is 10.9. The maximum absolute atomic E-state index is 12.2. The molecule has 0 aliphatic carbocycles. The molecule has 0 bridgehead atoms. The molecule has 0 radical (unpaired) electrons. The molecule has 0 amide bonds. The first-order chi connectivity index (χ1) is 7.15. The highest BCUT2D eigenvalue weighted by molar-refractivity contribution is 7.99. The molecule has 0 aliphatic rings. The normalized spacial score (nSPS) is 12.8. The van der Waals surface area contributed by atoms with Gasteiger partial charge in [0.25, 0.3) is 5.76 Å². The van der Waals surface area contributed by atoms with Crippen LogP contribution in [-0.2, 0) is 4.79 Å². The first-order valence-electron chi connectivity index (χ1n) is 4.62. The van der Waals surface area contributed by atoms with Gasteiger partial charge in [0, 0.05) is 11.3 Å². The number of aldehydes is 1. The summed E-state index contributed by atoms with van der Waals surface area (Å²) in [5.41, 5.74) is 0.815. The molecule has 82 valence electrons. The summed E-state index contributed by atoms with van der Waals surface area (Å²) in [7, 11) is 0.